The zero-order valence-corrected chi connectivity index (χ0v) is 25.9. The molecule has 46 heavy (non-hydrogen) atoms. The van der Waals surface area contributed by atoms with Crippen LogP contribution in [0.25, 0.3) is 80.7 Å². The fraction of sp³-hybridized carbons (Fsp3) is 0.0732. The molecular weight excluding hydrogens is 585 g/mol. The second kappa shape index (κ2) is 10.3. The summed E-state index contributed by atoms with van der Waals surface area (Å²) < 4.78 is 4.69. The van der Waals surface area contributed by atoms with Crippen LogP contribution >= 0.6 is 11.3 Å². The number of fused-ring (bicyclic) bond motifs is 8. The summed E-state index contributed by atoms with van der Waals surface area (Å²) >= 11 is 1.74. The minimum absolute atomic E-state index is 0.109. The Bertz CT molecular complexity index is 2620. The molecule has 0 fully saturated rings. The molecule has 0 bridgehead atoms. The third-order valence-corrected chi connectivity index (χ3v) is 10.5. The molecular formula is C41H28N2O2S. The zero-order valence-electron chi connectivity index (χ0n) is 25.1. The summed E-state index contributed by atoms with van der Waals surface area (Å²) in [7, 11) is 0. The maximum absolute atomic E-state index is 12.5. The Hall–Kier alpha value is -5.52. The number of para-hydroxylation sites is 1. The second-order valence-electron chi connectivity index (χ2n) is 12.2. The average molecular weight is 613 g/mol. The van der Waals surface area contributed by atoms with Gasteiger partial charge in [-0.25, -0.2) is 0 Å². The molecule has 9 rings (SSSR count). The first-order valence-electron chi connectivity index (χ1n) is 15.6. The van der Waals surface area contributed by atoms with Crippen LogP contribution in [0.15, 0.2) is 133 Å². The van der Waals surface area contributed by atoms with Gasteiger partial charge in [0.25, 0.3) is 5.69 Å². The van der Waals surface area contributed by atoms with Gasteiger partial charge in [-0.05, 0) is 88.3 Å². The van der Waals surface area contributed by atoms with Crippen LogP contribution in [0, 0.1) is 16.0 Å². The van der Waals surface area contributed by atoms with Gasteiger partial charge in [-0.15, -0.1) is 11.3 Å². The number of nitro groups is 1. The lowest BCUT2D eigenvalue weighted by Gasteiger charge is -2.15. The highest BCUT2D eigenvalue weighted by atomic mass is 32.1. The monoisotopic (exact) mass is 612 g/mol. The van der Waals surface area contributed by atoms with Crippen molar-refractivity contribution >= 4 is 75.5 Å². The Labute approximate surface area is 269 Å². The van der Waals surface area contributed by atoms with Crippen molar-refractivity contribution in [2.24, 2.45) is 5.92 Å². The van der Waals surface area contributed by atoms with Crippen molar-refractivity contribution in [3.63, 3.8) is 0 Å². The largest absolute Gasteiger partial charge is 0.310 e. The molecule has 1 aliphatic rings. The molecule has 6 aromatic carbocycles. The molecule has 0 radical (unpaired) electrons. The van der Waals surface area contributed by atoms with Crippen molar-refractivity contribution in [3.05, 3.63) is 144 Å². The van der Waals surface area contributed by atoms with Crippen LogP contribution < -0.4 is 0 Å². The van der Waals surface area contributed by atoms with E-state index in [9.17, 15) is 10.1 Å². The van der Waals surface area contributed by atoms with Crippen LogP contribution in [0.5, 0.6) is 0 Å². The van der Waals surface area contributed by atoms with Crippen LogP contribution in [0.4, 0.5) is 5.69 Å². The van der Waals surface area contributed by atoms with Gasteiger partial charge >= 0.3 is 0 Å². The van der Waals surface area contributed by atoms with Crippen molar-refractivity contribution in [1.82, 2.24) is 4.57 Å². The third-order valence-electron chi connectivity index (χ3n) is 9.43. The summed E-state index contributed by atoms with van der Waals surface area (Å²) in [5.74, 6) is 0.538. The van der Waals surface area contributed by atoms with Gasteiger partial charge in [-0.2, -0.15) is 0 Å². The summed E-state index contributed by atoms with van der Waals surface area (Å²) in [4.78, 5) is 12.2. The minimum atomic E-state index is -0.258. The van der Waals surface area contributed by atoms with Crippen molar-refractivity contribution in [2.75, 3.05) is 0 Å². The number of rotatable bonds is 4. The van der Waals surface area contributed by atoms with E-state index >= 15 is 0 Å². The molecule has 1 unspecified atom stereocenters. The molecule has 2 heterocycles. The number of hydrogen-bond acceptors (Lipinski definition) is 3. The van der Waals surface area contributed by atoms with Gasteiger partial charge in [0.05, 0.1) is 21.5 Å². The molecule has 1 aliphatic carbocycles. The number of allylic oxidation sites excluding steroid dienone is 4. The van der Waals surface area contributed by atoms with Gasteiger partial charge in [0.15, 0.2) is 0 Å². The van der Waals surface area contributed by atoms with E-state index < -0.39 is 0 Å². The lowest BCUT2D eigenvalue weighted by molar-refractivity contribution is -0.384. The van der Waals surface area contributed by atoms with Crippen molar-refractivity contribution in [3.8, 4) is 22.3 Å². The maximum Gasteiger partial charge on any atom is 0.277 e. The number of nitro benzene ring substituents is 1. The van der Waals surface area contributed by atoms with Crippen LogP contribution in [-0.4, -0.2) is 9.49 Å². The van der Waals surface area contributed by atoms with E-state index in [-0.39, 0.29) is 10.6 Å². The first-order valence-corrected chi connectivity index (χ1v) is 16.4. The first-order chi connectivity index (χ1) is 22.5. The summed E-state index contributed by atoms with van der Waals surface area (Å²) in [6.45, 7) is 2.24. The van der Waals surface area contributed by atoms with E-state index in [2.05, 4.69) is 115 Å². The molecule has 220 valence electrons. The van der Waals surface area contributed by atoms with E-state index in [1.807, 2.05) is 24.3 Å². The van der Waals surface area contributed by atoms with Crippen molar-refractivity contribution < 1.29 is 4.92 Å². The van der Waals surface area contributed by atoms with Crippen LogP contribution in [0.1, 0.15) is 13.3 Å². The molecule has 0 saturated heterocycles. The Morgan fingerprint density at radius 1 is 0.696 bits per heavy atom. The molecule has 2 aromatic heterocycles. The number of nitrogens with zero attached hydrogens (tertiary/aromatic N) is 2. The number of benzene rings is 6. The summed E-state index contributed by atoms with van der Waals surface area (Å²) in [5.41, 5.74) is 7.12. The standard InChI is InChI=1S/C41H28N2O2S/c1-25-14-18-28(19-15-25)42-36-12-6-4-9-30(36)34-22-26(16-20-37(34)42)27-17-21-38(43(44)45)35(23-27)33-24-40-41(31-10-3-2-8-29(31)33)32-11-5-7-13-39(32)46-40/h2-14,16-25H,15H2,1H3. The predicted octanol–water partition coefficient (Wildman–Crippen LogP) is 12.0. The minimum Gasteiger partial charge on any atom is -0.310 e. The van der Waals surface area contributed by atoms with E-state index in [4.69, 9.17) is 0 Å². The molecule has 8 aromatic rings. The highest BCUT2D eigenvalue weighted by Gasteiger charge is 2.22. The van der Waals surface area contributed by atoms with Gasteiger partial charge in [-0.1, -0.05) is 85.8 Å². The lowest BCUT2D eigenvalue weighted by Crippen LogP contribution is -2.00. The average Bonchev–Trinajstić information content (AvgIpc) is 3.63. The molecule has 0 amide bonds. The summed E-state index contributed by atoms with van der Waals surface area (Å²) in [6.07, 6.45) is 7.85. The molecule has 5 heteroatoms. The van der Waals surface area contributed by atoms with E-state index in [0.717, 1.165) is 49.5 Å². The van der Waals surface area contributed by atoms with Crippen LogP contribution in [-0.2, 0) is 0 Å². The quantitative estimate of drug-likeness (QED) is 0.147. The van der Waals surface area contributed by atoms with Crippen LogP contribution in [0.3, 0.4) is 0 Å². The maximum atomic E-state index is 12.5. The van der Waals surface area contributed by atoms with Gasteiger partial charge in [0.2, 0.25) is 0 Å². The second-order valence-corrected chi connectivity index (χ2v) is 13.3. The lowest BCUT2D eigenvalue weighted by atomic mass is 9.92. The van der Waals surface area contributed by atoms with Crippen LogP contribution in [0.2, 0.25) is 0 Å². The number of hydrogen-bond donors (Lipinski definition) is 0. The number of thiophene rings is 1. The van der Waals surface area contributed by atoms with Crippen molar-refractivity contribution in [2.45, 2.75) is 13.3 Å². The zero-order chi connectivity index (χ0) is 30.9. The molecule has 0 N–H and O–H groups in total. The van der Waals surface area contributed by atoms with Gasteiger partial charge in [0.1, 0.15) is 0 Å². The normalized spacial score (nSPS) is 15.0. The number of aromatic nitrogens is 1. The highest BCUT2D eigenvalue weighted by Crippen LogP contribution is 2.45. The molecule has 4 nitrogen and oxygen atoms in total. The Morgan fingerprint density at radius 2 is 1.39 bits per heavy atom. The third kappa shape index (κ3) is 4.05. The summed E-state index contributed by atoms with van der Waals surface area (Å²) in [5, 5.41) is 19.4. The van der Waals surface area contributed by atoms with E-state index in [1.54, 1.807) is 17.4 Å². The fourth-order valence-corrected chi connectivity index (χ4v) is 8.38. The van der Waals surface area contributed by atoms with Gasteiger partial charge in [0, 0.05) is 42.7 Å². The predicted molar refractivity (Wildman–Crippen MR) is 195 cm³/mol. The fourth-order valence-electron chi connectivity index (χ4n) is 7.21. The molecule has 0 spiro atoms. The Morgan fingerprint density at radius 3 is 2.20 bits per heavy atom. The van der Waals surface area contributed by atoms with Crippen molar-refractivity contribution in [1.29, 1.82) is 0 Å². The van der Waals surface area contributed by atoms with E-state index in [1.165, 1.54) is 32.1 Å². The first kappa shape index (κ1) is 26.8. The Balaban J connectivity index is 1.27. The highest BCUT2D eigenvalue weighted by molar-refractivity contribution is 7.26. The Kier molecular flexibility index (Phi) is 5.99. The van der Waals surface area contributed by atoms with Gasteiger partial charge < -0.3 is 4.57 Å². The molecule has 0 saturated carbocycles. The smallest absolute Gasteiger partial charge is 0.277 e. The molecule has 0 aliphatic heterocycles. The van der Waals surface area contributed by atoms with E-state index in [0.29, 0.717) is 11.5 Å². The topological polar surface area (TPSA) is 48.1 Å². The summed E-state index contributed by atoms with van der Waals surface area (Å²) in [6, 6.07) is 39.6. The SMILES string of the molecule is CC1C=CC(n2c3ccccc3c3cc(-c4ccc([N+](=O)[O-])c(-c5cc6sc7ccccc7c6c6ccccc56)c4)ccc32)=CC1. The molecule has 1 atom stereocenters. The van der Waals surface area contributed by atoms with Gasteiger partial charge in [-0.3, -0.25) is 10.1 Å².